The smallest absolute Gasteiger partial charge is 0.255 e. The number of hydrogen-bond acceptors (Lipinski definition) is 7. The van der Waals surface area contributed by atoms with E-state index in [1.165, 1.54) is 11.3 Å². The first-order chi connectivity index (χ1) is 14.6. The third kappa shape index (κ3) is 3.89. The molecule has 0 bridgehead atoms. The molecule has 1 aliphatic rings. The molecular formula is C22H21N5O2S. The molecule has 1 fully saturated rings. The van der Waals surface area contributed by atoms with E-state index in [1.807, 2.05) is 23.3 Å². The van der Waals surface area contributed by atoms with E-state index in [-0.39, 0.29) is 18.1 Å². The summed E-state index contributed by atoms with van der Waals surface area (Å²) in [5, 5.41) is 11.1. The van der Waals surface area contributed by atoms with Gasteiger partial charge in [0.15, 0.2) is 5.82 Å². The standard InChI is InChI=1S/C22H21N5O2S/c1-14-4-5-17(29-21-15(2)16(12-23)6-10-26-21)13-27(14)22(28)18-7-11-30-19(18)20-24-8-3-9-25-20/h3,6-11,14,17H,4-5,13H2,1-2H3/t14-,17-/m1/s1. The molecule has 4 heterocycles. The number of aromatic nitrogens is 3. The number of nitriles is 1. The van der Waals surface area contributed by atoms with Crippen LogP contribution in [0.5, 0.6) is 5.88 Å². The molecular weight excluding hydrogens is 398 g/mol. The van der Waals surface area contributed by atoms with Gasteiger partial charge in [-0.1, -0.05) is 0 Å². The van der Waals surface area contributed by atoms with Gasteiger partial charge in [0.2, 0.25) is 5.88 Å². The molecule has 7 nitrogen and oxygen atoms in total. The first kappa shape index (κ1) is 20.0. The highest BCUT2D eigenvalue weighted by atomic mass is 32.1. The van der Waals surface area contributed by atoms with Crippen LogP contribution in [0.1, 0.15) is 41.3 Å². The molecule has 3 aromatic rings. The zero-order valence-electron chi connectivity index (χ0n) is 16.8. The van der Waals surface area contributed by atoms with E-state index in [0.29, 0.717) is 29.4 Å². The fraction of sp³-hybridized carbons (Fsp3) is 0.318. The Kier molecular flexibility index (Phi) is 5.72. The third-order valence-corrected chi connectivity index (χ3v) is 6.23. The molecule has 0 spiro atoms. The third-order valence-electron chi connectivity index (χ3n) is 5.32. The summed E-state index contributed by atoms with van der Waals surface area (Å²) in [6.07, 6.45) is 6.39. The van der Waals surface area contributed by atoms with Gasteiger partial charge in [-0.3, -0.25) is 4.79 Å². The van der Waals surface area contributed by atoms with Crippen molar-refractivity contribution in [2.24, 2.45) is 0 Å². The number of amides is 1. The molecule has 3 aromatic heterocycles. The summed E-state index contributed by atoms with van der Waals surface area (Å²) in [5.74, 6) is 0.964. The van der Waals surface area contributed by atoms with E-state index in [9.17, 15) is 10.1 Å². The maximum absolute atomic E-state index is 13.4. The van der Waals surface area contributed by atoms with Gasteiger partial charge >= 0.3 is 0 Å². The average molecular weight is 420 g/mol. The molecule has 2 atom stereocenters. The van der Waals surface area contributed by atoms with Gasteiger partial charge < -0.3 is 9.64 Å². The number of nitrogens with zero attached hydrogens (tertiary/aromatic N) is 5. The van der Waals surface area contributed by atoms with Crippen molar-refractivity contribution in [1.82, 2.24) is 19.9 Å². The topological polar surface area (TPSA) is 92.0 Å². The average Bonchev–Trinajstić information content (AvgIpc) is 3.26. The summed E-state index contributed by atoms with van der Waals surface area (Å²) in [7, 11) is 0. The predicted octanol–water partition coefficient (Wildman–Crippen LogP) is 3.85. The number of carbonyl (C=O) groups is 1. The Bertz CT molecular complexity index is 1090. The van der Waals surface area contributed by atoms with Crippen LogP contribution in [0.15, 0.2) is 42.2 Å². The Morgan fingerprint density at radius 3 is 2.80 bits per heavy atom. The van der Waals surface area contributed by atoms with Crippen LogP contribution in [0.3, 0.4) is 0 Å². The van der Waals surface area contributed by atoms with Crippen LogP contribution in [0.4, 0.5) is 0 Å². The Hall–Kier alpha value is -3.31. The number of ether oxygens (including phenoxy) is 1. The maximum Gasteiger partial charge on any atom is 0.255 e. The van der Waals surface area contributed by atoms with Crippen molar-refractivity contribution in [3.8, 4) is 22.7 Å². The minimum absolute atomic E-state index is 0.0463. The van der Waals surface area contributed by atoms with Crippen LogP contribution in [-0.4, -0.2) is 44.4 Å². The molecule has 0 radical (unpaired) electrons. The molecule has 0 aliphatic carbocycles. The number of rotatable bonds is 4. The normalized spacial score (nSPS) is 18.6. The van der Waals surface area contributed by atoms with Gasteiger partial charge in [-0.15, -0.1) is 11.3 Å². The van der Waals surface area contributed by atoms with E-state index in [1.54, 1.807) is 30.7 Å². The largest absolute Gasteiger partial charge is 0.472 e. The second kappa shape index (κ2) is 8.59. The number of piperidine rings is 1. The summed E-state index contributed by atoms with van der Waals surface area (Å²) < 4.78 is 6.11. The molecule has 1 amide bonds. The van der Waals surface area contributed by atoms with Crippen LogP contribution in [0, 0.1) is 18.3 Å². The van der Waals surface area contributed by atoms with Crippen molar-refractivity contribution in [1.29, 1.82) is 5.26 Å². The zero-order valence-corrected chi connectivity index (χ0v) is 17.6. The lowest BCUT2D eigenvalue weighted by molar-refractivity contribution is 0.0372. The van der Waals surface area contributed by atoms with Crippen molar-refractivity contribution >= 4 is 17.2 Å². The SMILES string of the molecule is Cc1c(C#N)ccnc1O[C@@H]1CC[C@@H](C)N(C(=O)c2ccsc2-c2ncccn2)C1. The summed E-state index contributed by atoms with van der Waals surface area (Å²) in [5.41, 5.74) is 1.88. The quantitative estimate of drug-likeness (QED) is 0.638. The van der Waals surface area contributed by atoms with Crippen molar-refractivity contribution < 1.29 is 9.53 Å². The molecule has 0 saturated carbocycles. The number of carbonyl (C=O) groups excluding carboxylic acids is 1. The van der Waals surface area contributed by atoms with Gasteiger partial charge in [0.1, 0.15) is 6.10 Å². The molecule has 4 rings (SSSR count). The Morgan fingerprint density at radius 1 is 1.23 bits per heavy atom. The van der Waals surface area contributed by atoms with E-state index < -0.39 is 0 Å². The van der Waals surface area contributed by atoms with E-state index in [4.69, 9.17) is 4.74 Å². The van der Waals surface area contributed by atoms with Crippen LogP contribution in [0.25, 0.3) is 10.7 Å². The van der Waals surface area contributed by atoms with E-state index in [0.717, 1.165) is 23.3 Å². The predicted molar refractivity (Wildman–Crippen MR) is 113 cm³/mol. The van der Waals surface area contributed by atoms with Crippen molar-refractivity contribution in [3.05, 3.63) is 58.9 Å². The molecule has 1 saturated heterocycles. The van der Waals surface area contributed by atoms with Gasteiger partial charge in [-0.25, -0.2) is 15.0 Å². The fourth-order valence-electron chi connectivity index (χ4n) is 3.59. The highest BCUT2D eigenvalue weighted by Gasteiger charge is 2.33. The number of thiophene rings is 1. The van der Waals surface area contributed by atoms with Crippen molar-refractivity contribution in [2.45, 2.75) is 38.8 Å². The summed E-state index contributed by atoms with van der Waals surface area (Å²) in [6.45, 7) is 4.34. The molecule has 0 N–H and O–H groups in total. The molecule has 152 valence electrons. The first-order valence-electron chi connectivity index (χ1n) is 9.76. The molecule has 0 aromatic carbocycles. The minimum Gasteiger partial charge on any atom is -0.472 e. The summed E-state index contributed by atoms with van der Waals surface area (Å²) >= 11 is 1.46. The van der Waals surface area contributed by atoms with E-state index >= 15 is 0 Å². The second-order valence-electron chi connectivity index (χ2n) is 7.26. The van der Waals surface area contributed by atoms with Gasteiger partial charge in [0.05, 0.1) is 28.6 Å². The Morgan fingerprint density at radius 2 is 2.03 bits per heavy atom. The fourth-order valence-corrected chi connectivity index (χ4v) is 4.42. The lowest BCUT2D eigenvalue weighted by atomic mass is 10.00. The number of likely N-dealkylation sites (tertiary alicyclic amines) is 1. The monoisotopic (exact) mass is 419 g/mol. The van der Waals surface area contributed by atoms with Gasteiger partial charge in [-0.2, -0.15) is 5.26 Å². The lowest BCUT2D eigenvalue weighted by Crippen LogP contribution is -2.49. The van der Waals surface area contributed by atoms with Crippen LogP contribution in [-0.2, 0) is 0 Å². The lowest BCUT2D eigenvalue weighted by Gasteiger charge is -2.38. The van der Waals surface area contributed by atoms with Crippen LogP contribution < -0.4 is 4.74 Å². The molecule has 0 unspecified atom stereocenters. The summed E-state index contributed by atoms with van der Waals surface area (Å²) in [4.78, 5) is 28.9. The van der Waals surface area contributed by atoms with E-state index in [2.05, 4.69) is 27.9 Å². The van der Waals surface area contributed by atoms with Crippen molar-refractivity contribution in [2.75, 3.05) is 6.54 Å². The van der Waals surface area contributed by atoms with Gasteiger partial charge in [-0.05, 0) is 50.3 Å². The molecule has 8 heteroatoms. The highest BCUT2D eigenvalue weighted by molar-refractivity contribution is 7.14. The highest BCUT2D eigenvalue weighted by Crippen LogP contribution is 2.30. The first-order valence-corrected chi connectivity index (χ1v) is 10.6. The molecule has 30 heavy (non-hydrogen) atoms. The Balaban J connectivity index is 1.55. The zero-order chi connectivity index (χ0) is 21.1. The van der Waals surface area contributed by atoms with Gasteiger partial charge in [0.25, 0.3) is 5.91 Å². The second-order valence-corrected chi connectivity index (χ2v) is 8.18. The Labute approximate surface area is 179 Å². The number of pyridine rings is 1. The minimum atomic E-state index is -0.180. The van der Waals surface area contributed by atoms with Crippen LogP contribution in [0.2, 0.25) is 0 Å². The summed E-state index contributed by atoms with van der Waals surface area (Å²) in [6, 6.07) is 7.51. The molecule has 1 aliphatic heterocycles. The van der Waals surface area contributed by atoms with Crippen molar-refractivity contribution in [3.63, 3.8) is 0 Å². The van der Waals surface area contributed by atoms with Crippen LogP contribution >= 0.6 is 11.3 Å². The number of hydrogen-bond donors (Lipinski definition) is 0. The van der Waals surface area contributed by atoms with Gasteiger partial charge in [0, 0.05) is 30.2 Å². The maximum atomic E-state index is 13.4.